The first-order valence-corrected chi connectivity index (χ1v) is 8.70. The highest BCUT2D eigenvalue weighted by molar-refractivity contribution is 6.16. The van der Waals surface area contributed by atoms with Crippen molar-refractivity contribution in [3.8, 4) is 0 Å². The van der Waals surface area contributed by atoms with E-state index in [4.69, 9.17) is 11.6 Å². The number of nitrogens with zero attached hydrogens (tertiary/aromatic N) is 3. The van der Waals surface area contributed by atoms with Crippen molar-refractivity contribution in [3.63, 3.8) is 0 Å². The fourth-order valence-corrected chi connectivity index (χ4v) is 3.65. The molecule has 20 heavy (non-hydrogen) atoms. The minimum atomic E-state index is 0.395. The minimum absolute atomic E-state index is 0.395. The number of halogens is 1. The molecule has 2 rings (SSSR count). The molecule has 0 atom stereocenters. The summed E-state index contributed by atoms with van der Waals surface area (Å²) < 4.78 is 2.25. The molecular formula is C16H28ClN3. The topological polar surface area (TPSA) is 30.7 Å². The summed E-state index contributed by atoms with van der Waals surface area (Å²) in [4.78, 5) is 0. The van der Waals surface area contributed by atoms with E-state index in [1.807, 2.05) is 0 Å². The van der Waals surface area contributed by atoms with Crippen LogP contribution in [0.3, 0.4) is 0 Å². The Bertz CT molecular complexity index is 406. The number of hydrogen-bond acceptors (Lipinski definition) is 2. The predicted molar refractivity (Wildman–Crippen MR) is 84.2 cm³/mol. The van der Waals surface area contributed by atoms with Gasteiger partial charge in [0.2, 0.25) is 0 Å². The van der Waals surface area contributed by atoms with Crippen LogP contribution in [0.15, 0.2) is 0 Å². The van der Waals surface area contributed by atoms with Gasteiger partial charge < -0.3 is 4.57 Å². The maximum absolute atomic E-state index is 5.99. The van der Waals surface area contributed by atoms with Gasteiger partial charge in [-0.15, -0.1) is 21.8 Å². The molecule has 0 aliphatic heterocycles. The van der Waals surface area contributed by atoms with E-state index in [0.717, 1.165) is 11.7 Å². The number of hydrogen-bond donors (Lipinski definition) is 0. The maximum atomic E-state index is 5.99. The first-order chi connectivity index (χ1) is 9.67. The zero-order valence-electron chi connectivity index (χ0n) is 13.1. The third kappa shape index (κ3) is 3.55. The van der Waals surface area contributed by atoms with Gasteiger partial charge in [0, 0.05) is 12.0 Å². The fraction of sp³-hybridized carbons (Fsp3) is 0.875. The van der Waals surface area contributed by atoms with E-state index >= 15 is 0 Å². The van der Waals surface area contributed by atoms with Crippen molar-refractivity contribution in [2.75, 3.05) is 0 Å². The van der Waals surface area contributed by atoms with Crippen LogP contribution in [-0.2, 0) is 5.88 Å². The van der Waals surface area contributed by atoms with Gasteiger partial charge in [0.05, 0.1) is 5.88 Å². The predicted octanol–water partition coefficient (Wildman–Crippen LogP) is 5.06. The summed E-state index contributed by atoms with van der Waals surface area (Å²) in [5, 5.41) is 8.73. The lowest BCUT2D eigenvalue weighted by Gasteiger charge is -2.29. The monoisotopic (exact) mass is 297 g/mol. The molecular weight excluding hydrogens is 270 g/mol. The molecule has 1 aliphatic carbocycles. The molecule has 0 bridgehead atoms. The van der Waals surface area contributed by atoms with Gasteiger partial charge >= 0.3 is 0 Å². The van der Waals surface area contributed by atoms with E-state index in [1.54, 1.807) is 0 Å². The van der Waals surface area contributed by atoms with Crippen molar-refractivity contribution in [1.82, 2.24) is 14.8 Å². The fourth-order valence-electron chi connectivity index (χ4n) is 3.47. The van der Waals surface area contributed by atoms with Gasteiger partial charge in [-0.25, -0.2) is 0 Å². The van der Waals surface area contributed by atoms with Gasteiger partial charge in [-0.2, -0.15) is 0 Å². The molecule has 1 saturated carbocycles. The summed E-state index contributed by atoms with van der Waals surface area (Å²) in [6.45, 7) is 6.66. The zero-order chi connectivity index (χ0) is 14.5. The Morgan fingerprint density at radius 3 is 2.45 bits per heavy atom. The van der Waals surface area contributed by atoms with Crippen LogP contribution in [-0.4, -0.2) is 14.8 Å². The molecule has 0 aromatic carbocycles. The van der Waals surface area contributed by atoms with E-state index in [2.05, 4.69) is 35.5 Å². The lowest BCUT2D eigenvalue weighted by molar-refractivity contribution is 0.292. The summed E-state index contributed by atoms with van der Waals surface area (Å²) >= 11 is 5.99. The zero-order valence-corrected chi connectivity index (χ0v) is 13.9. The highest BCUT2D eigenvalue weighted by atomic mass is 35.5. The van der Waals surface area contributed by atoms with Crippen molar-refractivity contribution in [1.29, 1.82) is 0 Å². The highest BCUT2D eigenvalue weighted by Gasteiger charge is 2.27. The smallest absolute Gasteiger partial charge is 0.148 e. The lowest BCUT2D eigenvalue weighted by Crippen LogP contribution is -2.18. The van der Waals surface area contributed by atoms with Crippen molar-refractivity contribution in [3.05, 3.63) is 11.6 Å². The molecule has 1 aromatic heterocycles. The quantitative estimate of drug-likeness (QED) is 0.687. The molecule has 1 aromatic rings. The molecule has 0 radical (unpaired) electrons. The molecule has 4 heteroatoms. The van der Waals surface area contributed by atoms with Gasteiger partial charge in [-0.3, -0.25) is 0 Å². The number of alkyl halides is 1. The average Bonchev–Trinajstić information content (AvgIpc) is 2.89. The molecule has 0 unspecified atom stereocenters. The van der Waals surface area contributed by atoms with Crippen LogP contribution in [0, 0.1) is 5.92 Å². The minimum Gasteiger partial charge on any atom is -0.311 e. The highest BCUT2D eigenvalue weighted by Crippen LogP contribution is 2.37. The van der Waals surface area contributed by atoms with Crippen LogP contribution in [0.4, 0.5) is 0 Å². The van der Waals surface area contributed by atoms with Crippen LogP contribution in [0.1, 0.15) is 89.3 Å². The van der Waals surface area contributed by atoms with E-state index in [1.165, 1.54) is 50.8 Å². The Labute approximate surface area is 128 Å². The summed E-state index contributed by atoms with van der Waals surface area (Å²) in [7, 11) is 0. The molecule has 0 saturated heterocycles. The molecule has 0 spiro atoms. The van der Waals surface area contributed by atoms with E-state index < -0.39 is 0 Å². The molecule has 1 aliphatic rings. The van der Waals surface area contributed by atoms with Gasteiger partial charge in [-0.1, -0.05) is 26.2 Å². The summed E-state index contributed by atoms with van der Waals surface area (Å²) in [6.07, 6.45) is 9.35. The van der Waals surface area contributed by atoms with Crippen molar-refractivity contribution < 1.29 is 0 Å². The first kappa shape index (κ1) is 15.8. The third-order valence-corrected chi connectivity index (χ3v) is 4.85. The third-order valence-electron chi connectivity index (χ3n) is 4.61. The largest absolute Gasteiger partial charge is 0.311 e. The molecule has 1 fully saturated rings. The summed E-state index contributed by atoms with van der Waals surface area (Å²) in [6, 6.07) is 0.395. The van der Waals surface area contributed by atoms with Gasteiger partial charge in [-0.05, 0) is 45.4 Å². The van der Waals surface area contributed by atoms with Crippen LogP contribution in [0.5, 0.6) is 0 Å². The van der Waals surface area contributed by atoms with Gasteiger partial charge in [0.1, 0.15) is 11.6 Å². The Balaban J connectivity index is 2.01. The van der Waals surface area contributed by atoms with Gasteiger partial charge in [0.25, 0.3) is 0 Å². The number of rotatable bonds is 6. The second kappa shape index (κ2) is 7.44. The standard InChI is InChI=1S/C16H28ClN3/c1-4-5-6-13-7-9-14(10-8-13)16-19-18-15(11-17)20(16)12(2)3/h12-14H,4-11H2,1-3H3. The molecule has 0 N–H and O–H groups in total. The normalized spacial score (nSPS) is 23.4. The average molecular weight is 298 g/mol. The van der Waals surface area contributed by atoms with Crippen molar-refractivity contribution in [2.45, 2.75) is 83.6 Å². The molecule has 3 nitrogen and oxygen atoms in total. The van der Waals surface area contributed by atoms with Crippen LogP contribution >= 0.6 is 11.6 Å². The Hall–Kier alpha value is -0.570. The summed E-state index contributed by atoms with van der Waals surface area (Å²) in [5.41, 5.74) is 0. The Morgan fingerprint density at radius 1 is 1.20 bits per heavy atom. The second-order valence-electron chi connectivity index (χ2n) is 6.43. The van der Waals surface area contributed by atoms with E-state index in [9.17, 15) is 0 Å². The lowest BCUT2D eigenvalue weighted by atomic mass is 9.79. The second-order valence-corrected chi connectivity index (χ2v) is 6.70. The van der Waals surface area contributed by atoms with Crippen molar-refractivity contribution >= 4 is 11.6 Å². The number of unbranched alkanes of at least 4 members (excludes halogenated alkanes) is 1. The molecule has 1 heterocycles. The maximum Gasteiger partial charge on any atom is 0.148 e. The van der Waals surface area contributed by atoms with Gasteiger partial charge in [0.15, 0.2) is 0 Å². The molecule has 114 valence electrons. The van der Waals surface area contributed by atoms with Crippen LogP contribution < -0.4 is 0 Å². The van der Waals surface area contributed by atoms with Crippen LogP contribution in [0.2, 0.25) is 0 Å². The van der Waals surface area contributed by atoms with Crippen LogP contribution in [0.25, 0.3) is 0 Å². The van der Waals surface area contributed by atoms with E-state index in [-0.39, 0.29) is 0 Å². The summed E-state index contributed by atoms with van der Waals surface area (Å²) in [5.74, 6) is 4.07. The van der Waals surface area contributed by atoms with Crippen molar-refractivity contribution in [2.24, 2.45) is 5.92 Å². The first-order valence-electron chi connectivity index (χ1n) is 8.17. The Morgan fingerprint density at radius 2 is 1.90 bits per heavy atom. The van der Waals surface area contributed by atoms with E-state index in [0.29, 0.717) is 17.8 Å². The Kier molecular flexibility index (Phi) is 5.88. The number of aromatic nitrogens is 3. The molecule has 0 amide bonds. The SMILES string of the molecule is CCCCC1CCC(c2nnc(CCl)n2C(C)C)CC1.